The minimum atomic E-state index is -1.14. The third kappa shape index (κ3) is 4.56. The molecule has 2 aliphatic rings. The SMILES string of the molecule is NC(=O)C1CCCN1C(=O)C1C(NC(=O)Nc2ccc(F)cc2F)CCN1C(=O)c1ccco1. The van der Waals surface area contributed by atoms with Gasteiger partial charge in [0.25, 0.3) is 5.91 Å². The molecule has 0 saturated carbocycles. The zero-order valence-corrected chi connectivity index (χ0v) is 18.0. The molecular formula is C22H23F2N5O5. The quantitative estimate of drug-likeness (QED) is 0.601. The molecule has 10 nitrogen and oxygen atoms in total. The van der Waals surface area contributed by atoms with E-state index in [1.165, 1.54) is 28.2 Å². The van der Waals surface area contributed by atoms with Crippen LogP contribution >= 0.6 is 0 Å². The van der Waals surface area contributed by atoms with Gasteiger partial charge in [-0.25, -0.2) is 13.6 Å². The average molecular weight is 475 g/mol. The standard InChI is InChI=1S/C22H23F2N5O5/c23-12-5-6-14(13(24)11-12)26-22(33)27-15-7-9-29(20(31)17-4-2-10-34-17)18(15)21(32)28-8-1-3-16(28)19(25)30/h2,4-6,10-11,15-16,18H,1,3,7-9H2,(H2,25,30)(H2,26,27,33). The van der Waals surface area contributed by atoms with Crippen molar-refractivity contribution in [2.75, 3.05) is 18.4 Å². The molecule has 0 aliphatic carbocycles. The van der Waals surface area contributed by atoms with Crippen molar-refractivity contribution in [2.24, 2.45) is 5.73 Å². The Labute approximate surface area is 193 Å². The summed E-state index contributed by atoms with van der Waals surface area (Å²) in [5.74, 6) is -3.48. The number of benzene rings is 1. The molecule has 1 aromatic heterocycles. The van der Waals surface area contributed by atoms with Crippen LogP contribution in [0.15, 0.2) is 41.0 Å². The highest BCUT2D eigenvalue weighted by Crippen LogP contribution is 2.27. The highest BCUT2D eigenvalue weighted by atomic mass is 19.1. The molecule has 12 heteroatoms. The Bertz CT molecular complexity index is 1110. The van der Waals surface area contributed by atoms with Gasteiger partial charge in [-0.1, -0.05) is 0 Å². The van der Waals surface area contributed by atoms with E-state index < -0.39 is 53.5 Å². The first-order chi connectivity index (χ1) is 16.3. The highest BCUT2D eigenvalue weighted by Gasteiger charge is 2.47. The summed E-state index contributed by atoms with van der Waals surface area (Å²) in [5, 5.41) is 4.88. The first-order valence-corrected chi connectivity index (χ1v) is 10.7. The number of rotatable bonds is 5. The van der Waals surface area contributed by atoms with Crippen molar-refractivity contribution < 1.29 is 32.4 Å². The number of carbonyl (C=O) groups excluding carboxylic acids is 4. The van der Waals surface area contributed by atoms with Gasteiger partial charge in [-0.05, 0) is 43.5 Å². The number of hydrogen-bond acceptors (Lipinski definition) is 5. The van der Waals surface area contributed by atoms with Crippen molar-refractivity contribution in [3.63, 3.8) is 0 Å². The second-order valence-corrected chi connectivity index (χ2v) is 8.13. The predicted molar refractivity (Wildman–Crippen MR) is 114 cm³/mol. The summed E-state index contributed by atoms with van der Waals surface area (Å²) in [4.78, 5) is 53.5. The molecule has 3 heterocycles. The Balaban J connectivity index is 1.56. The molecule has 0 bridgehead atoms. The first kappa shape index (κ1) is 23.2. The summed E-state index contributed by atoms with van der Waals surface area (Å²) < 4.78 is 32.2. The van der Waals surface area contributed by atoms with Crippen LogP contribution in [0.25, 0.3) is 0 Å². The molecule has 34 heavy (non-hydrogen) atoms. The van der Waals surface area contributed by atoms with Crippen molar-refractivity contribution in [1.82, 2.24) is 15.1 Å². The maximum Gasteiger partial charge on any atom is 0.319 e. The van der Waals surface area contributed by atoms with Crippen molar-refractivity contribution >= 4 is 29.4 Å². The van der Waals surface area contributed by atoms with Gasteiger partial charge in [0.2, 0.25) is 11.8 Å². The minimum Gasteiger partial charge on any atom is -0.459 e. The molecule has 2 aliphatic heterocycles. The van der Waals surface area contributed by atoms with Crippen LogP contribution in [0.3, 0.4) is 0 Å². The Morgan fingerprint density at radius 3 is 2.53 bits per heavy atom. The van der Waals surface area contributed by atoms with Gasteiger partial charge >= 0.3 is 6.03 Å². The fraction of sp³-hybridized carbons (Fsp3) is 0.364. The lowest BCUT2D eigenvalue weighted by Gasteiger charge is -2.32. The number of halogens is 2. The number of likely N-dealkylation sites (tertiary alicyclic amines) is 2. The number of primary amides is 1. The van der Waals surface area contributed by atoms with Gasteiger partial charge in [0.05, 0.1) is 18.0 Å². The van der Waals surface area contributed by atoms with Crippen LogP contribution in [0.5, 0.6) is 0 Å². The molecule has 0 radical (unpaired) electrons. The second-order valence-electron chi connectivity index (χ2n) is 8.13. The first-order valence-electron chi connectivity index (χ1n) is 10.7. The smallest absolute Gasteiger partial charge is 0.319 e. The topological polar surface area (TPSA) is 138 Å². The van der Waals surface area contributed by atoms with Crippen LogP contribution in [0.2, 0.25) is 0 Å². The highest BCUT2D eigenvalue weighted by molar-refractivity contribution is 5.98. The van der Waals surface area contributed by atoms with E-state index in [9.17, 15) is 28.0 Å². The maximum atomic E-state index is 13.9. The van der Waals surface area contributed by atoms with Crippen LogP contribution in [-0.4, -0.2) is 64.8 Å². The largest absolute Gasteiger partial charge is 0.459 e. The number of amides is 5. The summed E-state index contributed by atoms with van der Waals surface area (Å²) in [5.41, 5.74) is 5.20. The molecule has 3 unspecified atom stereocenters. The van der Waals surface area contributed by atoms with Gasteiger partial charge in [0, 0.05) is 19.2 Å². The molecule has 5 amide bonds. The number of furan rings is 1. The summed E-state index contributed by atoms with van der Waals surface area (Å²) >= 11 is 0. The monoisotopic (exact) mass is 475 g/mol. The molecule has 2 saturated heterocycles. The van der Waals surface area contributed by atoms with Gasteiger partial charge < -0.3 is 30.6 Å². The molecule has 180 valence electrons. The number of carbonyl (C=O) groups is 4. The van der Waals surface area contributed by atoms with Gasteiger partial charge in [-0.3, -0.25) is 14.4 Å². The molecule has 2 fully saturated rings. The van der Waals surface area contributed by atoms with E-state index in [0.717, 1.165) is 12.1 Å². The van der Waals surface area contributed by atoms with Gasteiger partial charge in [-0.2, -0.15) is 0 Å². The summed E-state index contributed by atoms with van der Waals surface area (Å²) in [6, 6.07) is 2.03. The average Bonchev–Trinajstić information content (AvgIpc) is 3.55. The predicted octanol–water partition coefficient (Wildman–Crippen LogP) is 1.44. The zero-order chi connectivity index (χ0) is 24.4. The van der Waals surface area contributed by atoms with E-state index in [0.29, 0.717) is 18.9 Å². The second kappa shape index (κ2) is 9.49. The van der Waals surface area contributed by atoms with Crippen LogP contribution in [0.4, 0.5) is 19.3 Å². The van der Waals surface area contributed by atoms with E-state index in [1.54, 1.807) is 0 Å². The normalized spacial score (nSPS) is 22.0. The lowest BCUT2D eigenvalue weighted by molar-refractivity contribution is -0.140. The number of urea groups is 1. The Morgan fingerprint density at radius 1 is 1.06 bits per heavy atom. The number of anilines is 1. The Morgan fingerprint density at radius 2 is 1.85 bits per heavy atom. The fourth-order valence-electron chi connectivity index (χ4n) is 4.43. The molecule has 4 rings (SSSR count). The third-order valence-electron chi connectivity index (χ3n) is 6.00. The van der Waals surface area contributed by atoms with Gasteiger partial charge in [0.1, 0.15) is 23.7 Å². The van der Waals surface area contributed by atoms with Crippen molar-refractivity contribution in [3.8, 4) is 0 Å². The Hall–Kier alpha value is -3.96. The fourth-order valence-corrected chi connectivity index (χ4v) is 4.43. The van der Waals surface area contributed by atoms with E-state index in [1.807, 2.05) is 0 Å². The zero-order valence-electron chi connectivity index (χ0n) is 18.0. The number of nitrogens with one attached hydrogen (secondary N) is 2. The van der Waals surface area contributed by atoms with Crippen LogP contribution in [0.1, 0.15) is 29.8 Å². The molecule has 0 spiro atoms. The maximum absolute atomic E-state index is 13.9. The molecule has 1 aromatic carbocycles. The number of hydrogen-bond donors (Lipinski definition) is 3. The summed E-state index contributed by atoms with van der Waals surface area (Å²) in [7, 11) is 0. The van der Waals surface area contributed by atoms with E-state index in [4.69, 9.17) is 10.2 Å². The van der Waals surface area contributed by atoms with Crippen molar-refractivity contribution in [3.05, 3.63) is 54.0 Å². The van der Waals surface area contributed by atoms with E-state index >= 15 is 0 Å². The lowest BCUT2D eigenvalue weighted by Crippen LogP contribution is -2.58. The summed E-state index contributed by atoms with van der Waals surface area (Å²) in [6.07, 6.45) is 2.52. The summed E-state index contributed by atoms with van der Waals surface area (Å²) in [6.45, 7) is 0.409. The number of nitrogens with two attached hydrogens (primary N) is 1. The third-order valence-corrected chi connectivity index (χ3v) is 6.00. The van der Waals surface area contributed by atoms with Crippen LogP contribution in [-0.2, 0) is 9.59 Å². The van der Waals surface area contributed by atoms with Crippen molar-refractivity contribution in [1.29, 1.82) is 0 Å². The van der Waals surface area contributed by atoms with Crippen LogP contribution < -0.4 is 16.4 Å². The molecule has 4 N–H and O–H groups in total. The van der Waals surface area contributed by atoms with E-state index in [2.05, 4.69) is 10.6 Å². The van der Waals surface area contributed by atoms with Gasteiger partial charge in [-0.15, -0.1) is 0 Å². The number of nitrogens with zero attached hydrogens (tertiary/aromatic N) is 2. The van der Waals surface area contributed by atoms with Crippen molar-refractivity contribution in [2.45, 2.75) is 37.4 Å². The minimum absolute atomic E-state index is 0.0177. The van der Waals surface area contributed by atoms with E-state index in [-0.39, 0.29) is 31.0 Å². The van der Waals surface area contributed by atoms with Crippen LogP contribution in [0, 0.1) is 11.6 Å². The molecular weight excluding hydrogens is 452 g/mol. The molecule has 3 atom stereocenters. The Kier molecular flexibility index (Phi) is 6.48. The lowest BCUT2D eigenvalue weighted by atomic mass is 10.1. The van der Waals surface area contributed by atoms with Gasteiger partial charge in [0.15, 0.2) is 5.76 Å². The molecule has 2 aromatic rings.